The summed E-state index contributed by atoms with van der Waals surface area (Å²) >= 11 is 1.36. The van der Waals surface area contributed by atoms with Gasteiger partial charge in [0.1, 0.15) is 18.2 Å². The highest BCUT2D eigenvalue weighted by Crippen LogP contribution is 2.33. The van der Waals surface area contributed by atoms with Crippen molar-refractivity contribution in [3.63, 3.8) is 0 Å². The van der Waals surface area contributed by atoms with Crippen molar-refractivity contribution in [3.8, 4) is 22.1 Å². The third-order valence-electron chi connectivity index (χ3n) is 4.14. The molecule has 0 fully saturated rings. The zero-order valence-corrected chi connectivity index (χ0v) is 15.2. The number of aromatic nitrogens is 2. The Kier molecular flexibility index (Phi) is 4.30. The molecule has 3 aromatic rings. The summed E-state index contributed by atoms with van der Waals surface area (Å²) in [5.41, 5.74) is 3.81. The van der Waals surface area contributed by atoms with E-state index in [1.54, 1.807) is 18.2 Å². The summed E-state index contributed by atoms with van der Waals surface area (Å²) in [6, 6.07) is 11.2. The Morgan fingerprint density at radius 1 is 1.04 bits per heavy atom. The third-order valence-corrected chi connectivity index (χ3v) is 5.00. The van der Waals surface area contributed by atoms with Crippen LogP contribution in [0.1, 0.15) is 21.5 Å². The molecule has 1 amide bonds. The van der Waals surface area contributed by atoms with E-state index in [9.17, 15) is 4.79 Å². The molecule has 0 spiro atoms. The van der Waals surface area contributed by atoms with Gasteiger partial charge in [0.25, 0.3) is 5.91 Å². The number of nitrogens with zero attached hydrogens (tertiary/aromatic N) is 2. The van der Waals surface area contributed by atoms with Crippen LogP contribution in [-0.2, 0) is 0 Å². The molecule has 0 saturated heterocycles. The van der Waals surface area contributed by atoms with Gasteiger partial charge in [0, 0.05) is 11.1 Å². The van der Waals surface area contributed by atoms with Crippen molar-refractivity contribution in [1.29, 1.82) is 0 Å². The van der Waals surface area contributed by atoms with Crippen molar-refractivity contribution >= 4 is 22.4 Å². The van der Waals surface area contributed by atoms with Gasteiger partial charge in [-0.3, -0.25) is 10.1 Å². The van der Waals surface area contributed by atoms with Crippen molar-refractivity contribution in [2.24, 2.45) is 0 Å². The average molecular weight is 367 g/mol. The first-order valence-corrected chi connectivity index (χ1v) is 9.04. The van der Waals surface area contributed by atoms with E-state index >= 15 is 0 Å². The quantitative estimate of drug-likeness (QED) is 0.761. The van der Waals surface area contributed by atoms with Crippen LogP contribution in [0.4, 0.5) is 5.13 Å². The first-order valence-electron chi connectivity index (χ1n) is 8.23. The van der Waals surface area contributed by atoms with Crippen molar-refractivity contribution in [2.75, 3.05) is 18.5 Å². The molecule has 1 aromatic heterocycles. The molecule has 7 heteroatoms. The zero-order chi connectivity index (χ0) is 18.1. The van der Waals surface area contributed by atoms with Gasteiger partial charge in [-0.2, -0.15) is 0 Å². The van der Waals surface area contributed by atoms with Crippen LogP contribution >= 0.6 is 11.3 Å². The van der Waals surface area contributed by atoms with Crippen molar-refractivity contribution in [3.05, 3.63) is 53.1 Å². The van der Waals surface area contributed by atoms with E-state index < -0.39 is 0 Å². The van der Waals surface area contributed by atoms with Gasteiger partial charge >= 0.3 is 0 Å². The molecule has 1 aliphatic heterocycles. The van der Waals surface area contributed by atoms with E-state index in [-0.39, 0.29) is 5.91 Å². The summed E-state index contributed by atoms with van der Waals surface area (Å²) in [5.74, 6) is 0.976. The predicted molar refractivity (Wildman–Crippen MR) is 100 cm³/mol. The van der Waals surface area contributed by atoms with Gasteiger partial charge in [0.2, 0.25) is 5.13 Å². The molecule has 132 valence electrons. The second kappa shape index (κ2) is 6.76. The summed E-state index contributed by atoms with van der Waals surface area (Å²) in [7, 11) is 0. The molecule has 1 aliphatic rings. The SMILES string of the molecule is Cc1cccc(C)c1-c1nnc(NC(=O)c2ccc3c(c2)OCCO3)s1. The van der Waals surface area contributed by atoms with E-state index in [1.807, 2.05) is 32.0 Å². The minimum absolute atomic E-state index is 0.258. The smallest absolute Gasteiger partial charge is 0.257 e. The maximum atomic E-state index is 12.5. The first-order chi connectivity index (χ1) is 12.6. The molecule has 4 rings (SSSR count). The Balaban J connectivity index is 1.55. The van der Waals surface area contributed by atoms with E-state index in [0.717, 1.165) is 21.7 Å². The summed E-state index contributed by atoms with van der Waals surface area (Å²) < 4.78 is 11.0. The molecule has 0 atom stereocenters. The van der Waals surface area contributed by atoms with Gasteiger partial charge in [-0.05, 0) is 43.2 Å². The molecule has 26 heavy (non-hydrogen) atoms. The van der Waals surface area contributed by atoms with Crippen molar-refractivity contribution in [2.45, 2.75) is 13.8 Å². The fraction of sp³-hybridized carbons (Fsp3) is 0.211. The van der Waals surface area contributed by atoms with Gasteiger partial charge in [0.15, 0.2) is 11.5 Å². The standard InChI is InChI=1S/C19H17N3O3S/c1-11-4-3-5-12(2)16(11)18-21-22-19(26-18)20-17(23)13-6-7-14-15(10-13)25-9-8-24-14/h3-7,10H,8-9H2,1-2H3,(H,20,22,23). The second-order valence-corrected chi connectivity index (χ2v) is 6.97. The normalized spacial score (nSPS) is 12.7. The van der Waals surface area contributed by atoms with Crippen LogP contribution < -0.4 is 14.8 Å². The Hall–Kier alpha value is -2.93. The maximum absolute atomic E-state index is 12.5. The fourth-order valence-corrected chi connectivity index (χ4v) is 3.79. The van der Waals surface area contributed by atoms with Crippen LogP contribution in [0.25, 0.3) is 10.6 Å². The number of carbonyl (C=O) groups is 1. The predicted octanol–water partition coefficient (Wildman–Crippen LogP) is 3.85. The lowest BCUT2D eigenvalue weighted by Crippen LogP contribution is -2.17. The van der Waals surface area contributed by atoms with Gasteiger partial charge in [-0.1, -0.05) is 29.5 Å². The molecule has 2 heterocycles. The number of carbonyl (C=O) groups excluding carboxylic acids is 1. The molecule has 0 aliphatic carbocycles. The lowest BCUT2D eigenvalue weighted by atomic mass is 10.0. The number of benzene rings is 2. The Morgan fingerprint density at radius 2 is 1.77 bits per heavy atom. The molecule has 1 N–H and O–H groups in total. The highest BCUT2D eigenvalue weighted by molar-refractivity contribution is 7.18. The minimum atomic E-state index is -0.258. The highest BCUT2D eigenvalue weighted by Gasteiger charge is 2.17. The molecular formula is C19H17N3O3S. The van der Waals surface area contributed by atoms with E-state index in [4.69, 9.17) is 9.47 Å². The molecule has 2 aromatic carbocycles. The Labute approximate surface area is 154 Å². The third kappa shape index (κ3) is 3.13. The molecular weight excluding hydrogens is 350 g/mol. The van der Waals surface area contributed by atoms with Gasteiger partial charge in [-0.25, -0.2) is 0 Å². The lowest BCUT2D eigenvalue weighted by Gasteiger charge is -2.18. The van der Waals surface area contributed by atoms with Crippen molar-refractivity contribution < 1.29 is 14.3 Å². The topological polar surface area (TPSA) is 73.3 Å². The lowest BCUT2D eigenvalue weighted by molar-refractivity contribution is 0.102. The van der Waals surface area contributed by atoms with E-state index in [0.29, 0.717) is 35.4 Å². The van der Waals surface area contributed by atoms with Gasteiger partial charge in [-0.15, -0.1) is 10.2 Å². The number of hydrogen-bond acceptors (Lipinski definition) is 6. The van der Waals surface area contributed by atoms with Crippen molar-refractivity contribution in [1.82, 2.24) is 10.2 Å². The van der Waals surface area contributed by atoms with Crippen LogP contribution in [0.2, 0.25) is 0 Å². The van der Waals surface area contributed by atoms with Crippen LogP contribution in [0.5, 0.6) is 11.5 Å². The highest BCUT2D eigenvalue weighted by atomic mass is 32.1. The zero-order valence-electron chi connectivity index (χ0n) is 14.4. The number of amides is 1. The average Bonchev–Trinajstić information content (AvgIpc) is 3.09. The summed E-state index contributed by atoms with van der Waals surface area (Å²) in [4.78, 5) is 12.5. The molecule has 0 saturated carbocycles. The number of ether oxygens (including phenoxy) is 2. The number of hydrogen-bond donors (Lipinski definition) is 1. The number of anilines is 1. The Morgan fingerprint density at radius 3 is 2.54 bits per heavy atom. The van der Waals surface area contributed by atoms with Gasteiger partial charge < -0.3 is 9.47 Å². The summed E-state index contributed by atoms with van der Waals surface area (Å²) in [6.07, 6.45) is 0. The fourth-order valence-electron chi connectivity index (χ4n) is 2.88. The molecule has 0 bridgehead atoms. The van der Waals surface area contributed by atoms with Crippen LogP contribution in [0.15, 0.2) is 36.4 Å². The van der Waals surface area contributed by atoms with Crippen LogP contribution in [0, 0.1) is 13.8 Å². The number of aryl methyl sites for hydroxylation is 2. The van der Waals surface area contributed by atoms with Crippen LogP contribution in [0.3, 0.4) is 0 Å². The minimum Gasteiger partial charge on any atom is -0.486 e. The Bertz CT molecular complexity index is 964. The second-order valence-electron chi connectivity index (χ2n) is 5.99. The monoisotopic (exact) mass is 367 g/mol. The molecule has 0 radical (unpaired) electrons. The summed E-state index contributed by atoms with van der Waals surface area (Å²) in [6.45, 7) is 5.08. The summed E-state index contributed by atoms with van der Waals surface area (Å²) in [5, 5.41) is 12.4. The first kappa shape index (κ1) is 16.5. The maximum Gasteiger partial charge on any atom is 0.257 e. The largest absolute Gasteiger partial charge is 0.486 e. The molecule has 0 unspecified atom stereocenters. The number of nitrogens with one attached hydrogen (secondary N) is 1. The molecule has 6 nitrogen and oxygen atoms in total. The van der Waals surface area contributed by atoms with E-state index in [1.165, 1.54) is 11.3 Å². The van der Waals surface area contributed by atoms with Gasteiger partial charge in [0.05, 0.1) is 0 Å². The number of rotatable bonds is 3. The number of fused-ring (bicyclic) bond motifs is 1. The van der Waals surface area contributed by atoms with E-state index in [2.05, 4.69) is 15.5 Å². The van der Waals surface area contributed by atoms with Crippen LogP contribution in [-0.4, -0.2) is 29.3 Å².